The first-order chi connectivity index (χ1) is 9.15. The maximum Gasteiger partial charge on any atom is 0.0743 e. The Hall–Kier alpha value is -1.65. The summed E-state index contributed by atoms with van der Waals surface area (Å²) in [4.78, 5) is 0. The summed E-state index contributed by atoms with van der Waals surface area (Å²) < 4.78 is 1.82. The second kappa shape index (κ2) is 5.99. The molecule has 0 spiro atoms. The second-order valence-corrected chi connectivity index (χ2v) is 4.93. The molecule has 0 aliphatic carbocycles. The van der Waals surface area contributed by atoms with Crippen LogP contribution in [-0.4, -0.2) is 9.78 Å². The summed E-state index contributed by atoms with van der Waals surface area (Å²) in [5.74, 6) is 5.72. The summed E-state index contributed by atoms with van der Waals surface area (Å²) in [5.41, 5.74) is 7.54. The van der Waals surface area contributed by atoms with Gasteiger partial charge in [0.2, 0.25) is 0 Å². The van der Waals surface area contributed by atoms with Crippen LogP contribution in [0.25, 0.3) is 0 Å². The smallest absolute Gasteiger partial charge is 0.0743 e. The highest BCUT2D eigenvalue weighted by Crippen LogP contribution is 2.24. The normalized spacial score (nSPS) is 12.6. The number of hydrogen-bond acceptors (Lipinski definition) is 3. The van der Waals surface area contributed by atoms with Gasteiger partial charge in [0.05, 0.1) is 11.7 Å². The number of nitrogens with zero attached hydrogens (tertiary/aromatic N) is 2. The van der Waals surface area contributed by atoms with Gasteiger partial charge in [0, 0.05) is 18.8 Å². The molecule has 2 rings (SSSR count). The fraction of sp³-hybridized carbons (Fsp3) is 0.400. The molecule has 0 radical (unpaired) electrons. The van der Waals surface area contributed by atoms with Crippen molar-refractivity contribution in [1.82, 2.24) is 15.2 Å². The molecule has 4 heteroatoms. The van der Waals surface area contributed by atoms with E-state index in [0.717, 1.165) is 17.7 Å². The van der Waals surface area contributed by atoms with Crippen molar-refractivity contribution in [1.29, 1.82) is 0 Å². The molecule has 2 aromatic rings. The minimum atomic E-state index is -0.00984. The Kier molecular flexibility index (Phi) is 4.35. The van der Waals surface area contributed by atoms with Gasteiger partial charge in [-0.25, -0.2) is 5.43 Å². The first kappa shape index (κ1) is 13.8. The van der Waals surface area contributed by atoms with Crippen molar-refractivity contribution in [3.63, 3.8) is 0 Å². The van der Waals surface area contributed by atoms with Gasteiger partial charge in [0.15, 0.2) is 0 Å². The van der Waals surface area contributed by atoms with Crippen molar-refractivity contribution in [3.05, 3.63) is 52.8 Å². The van der Waals surface area contributed by atoms with Crippen LogP contribution < -0.4 is 11.3 Å². The summed E-state index contributed by atoms with van der Waals surface area (Å²) in [6.07, 6.45) is 4.30. The van der Waals surface area contributed by atoms with Crippen LogP contribution in [-0.2, 0) is 13.5 Å². The van der Waals surface area contributed by atoms with E-state index in [0.29, 0.717) is 0 Å². The lowest BCUT2D eigenvalue weighted by molar-refractivity contribution is 0.633. The molecule has 19 heavy (non-hydrogen) atoms. The number of benzene rings is 1. The van der Waals surface area contributed by atoms with Gasteiger partial charge >= 0.3 is 0 Å². The molecule has 0 saturated heterocycles. The highest BCUT2D eigenvalue weighted by molar-refractivity contribution is 5.34. The Morgan fingerprint density at radius 2 is 2.00 bits per heavy atom. The molecule has 0 aliphatic heterocycles. The van der Waals surface area contributed by atoms with Crippen molar-refractivity contribution < 1.29 is 0 Å². The molecule has 0 aliphatic rings. The zero-order valence-corrected chi connectivity index (χ0v) is 11.9. The molecule has 1 aromatic carbocycles. The predicted molar refractivity (Wildman–Crippen MR) is 77.5 cm³/mol. The van der Waals surface area contributed by atoms with E-state index in [9.17, 15) is 0 Å². The van der Waals surface area contributed by atoms with Crippen LogP contribution in [0, 0.1) is 6.92 Å². The summed E-state index contributed by atoms with van der Waals surface area (Å²) >= 11 is 0. The molecule has 0 amide bonds. The molecule has 0 bridgehead atoms. The minimum Gasteiger partial charge on any atom is -0.275 e. The van der Waals surface area contributed by atoms with Crippen molar-refractivity contribution in [2.45, 2.75) is 32.7 Å². The molecule has 3 N–H and O–H groups in total. The summed E-state index contributed by atoms with van der Waals surface area (Å²) in [5, 5.41) is 4.37. The lowest BCUT2D eigenvalue weighted by Crippen LogP contribution is -2.29. The minimum absolute atomic E-state index is 0.00984. The molecule has 0 fully saturated rings. The molecule has 1 unspecified atom stereocenters. The number of hydrazine groups is 1. The van der Waals surface area contributed by atoms with Crippen LogP contribution in [0.5, 0.6) is 0 Å². The third kappa shape index (κ3) is 3.03. The third-order valence-corrected chi connectivity index (χ3v) is 3.38. The zero-order chi connectivity index (χ0) is 13.8. The van der Waals surface area contributed by atoms with E-state index in [4.69, 9.17) is 5.84 Å². The van der Waals surface area contributed by atoms with Crippen LogP contribution in [0.15, 0.2) is 30.5 Å². The molecule has 1 heterocycles. The Morgan fingerprint density at radius 1 is 1.32 bits per heavy atom. The van der Waals surface area contributed by atoms with Gasteiger partial charge in [-0.1, -0.05) is 37.6 Å². The van der Waals surface area contributed by atoms with Crippen LogP contribution in [0.1, 0.15) is 41.8 Å². The fourth-order valence-corrected chi connectivity index (χ4v) is 2.43. The van der Waals surface area contributed by atoms with E-state index in [-0.39, 0.29) is 6.04 Å². The van der Waals surface area contributed by atoms with E-state index in [1.54, 1.807) is 0 Å². The van der Waals surface area contributed by atoms with Gasteiger partial charge in [-0.15, -0.1) is 0 Å². The Balaban J connectivity index is 2.29. The molecule has 0 saturated carbocycles. The Bertz CT molecular complexity index is 528. The molecule has 4 nitrogen and oxygen atoms in total. The Labute approximate surface area is 114 Å². The molecule has 1 atom stereocenters. The summed E-state index contributed by atoms with van der Waals surface area (Å²) in [7, 11) is 1.93. The van der Waals surface area contributed by atoms with Crippen LogP contribution in [0.4, 0.5) is 0 Å². The Morgan fingerprint density at radius 3 is 2.47 bits per heavy atom. The van der Waals surface area contributed by atoms with E-state index >= 15 is 0 Å². The molecule has 1 aromatic heterocycles. The highest BCUT2D eigenvalue weighted by Gasteiger charge is 2.17. The fourth-order valence-electron chi connectivity index (χ4n) is 2.43. The van der Waals surface area contributed by atoms with E-state index in [1.807, 2.05) is 24.9 Å². The number of hydrogen-bond donors (Lipinski definition) is 2. The van der Waals surface area contributed by atoms with Gasteiger partial charge in [-0.05, 0) is 24.5 Å². The maximum absolute atomic E-state index is 5.72. The van der Waals surface area contributed by atoms with Crippen molar-refractivity contribution in [2.24, 2.45) is 12.9 Å². The largest absolute Gasteiger partial charge is 0.275 e. The van der Waals surface area contributed by atoms with E-state index < -0.39 is 0 Å². The SMILES string of the molecule is CCCc1ccc(C(NN)c2cn(C)nc2C)cc1. The highest BCUT2D eigenvalue weighted by atomic mass is 15.3. The second-order valence-electron chi connectivity index (χ2n) is 4.93. The monoisotopic (exact) mass is 258 g/mol. The van der Waals surface area contributed by atoms with Crippen LogP contribution >= 0.6 is 0 Å². The number of nitrogens with two attached hydrogens (primary N) is 1. The zero-order valence-electron chi connectivity index (χ0n) is 11.9. The predicted octanol–water partition coefficient (Wildman–Crippen LogP) is 2.23. The quantitative estimate of drug-likeness (QED) is 0.639. The van der Waals surface area contributed by atoms with Gasteiger partial charge in [0.25, 0.3) is 0 Å². The standard InChI is InChI=1S/C15H22N4/c1-4-5-12-6-8-13(9-7-12)15(17-16)14-10-19(3)18-11(14)2/h6-10,15,17H,4-5,16H2,1-3H3. The molecule has 102 valence electrons. The molecular formula is C15H22N4. The van der Waals surface area contributed by atoms with Crippen molar-refractivity contribution in [3.8, 4) is 0 Å². The van der Waals surface area contributed by atoms with Crippen LogP contribution in [0.3, 0.4) is 0 Å². The first-order valence-electron chi connectivity index (χ1n) is 6.70. The topological polar surface area (TPSA) is 55.9 Å². The number of rotatable bonds is 5. The first-order valence-corrected chi connectivity index (χ1v) is 6.70. The van der Waals surface area contributed by atoms with E-state index in [1.165, 1.54) is 17.5 Å². The lowest BCUT2D eigenvalue weighted by Gasteiger charge is -2.16. The average Bonchev–Trinajstić information content (AvgIpc) is 2.72. The van der Waals surface area contributed by atoms with Gasteiger partial charge in [-0.2, -0.15) is 5.10 Å². The van der Waals surface area contributed by atoms with Gasteiger partial charge in [-0.3, -0.25) is 10.5 Å². The average molecular weight is 258 g/mol. The lowest BCUT2D eigenvalue weighted by atomic mass is 9.98. The number of aryl methyl sites for hydroxylation is 3. The third-order valence-electron chi connectivity index (χ3n) is 3.38. The van der Waals surface area contributed by atoms with E-state index in [2.05, 4.69) is 41.7 Å². The van der Waals surface area contributed by atoms with Gasteiger partial charge in [0.1, 0.15) is 0 Å². The number of nitrogens with one attached hydrogen (secondary N) is 1. The summed E-state index contributed by atoms with van der Waals surface area (Å²) in [6.45, 7) is 4.20. The van der Waals surface area contributed by atoms with Gasteiger partial charge < -0.3 is 0 Å². The number of aromatic nitrogens is 2. The van der Waals surface area contributed by atoms with Crippen molar-refractivity contribution >= 4 is 0 Å². The van der Waals surface area contributed by atoms with Crippen LogP contribution in [0.2, 0.25) is 0 Å². The summed E-state index contributed by atoms with van der Waals surface area (Å²) in [6, 6.07) is 8.62. The molecular weight excluding hydrogens is 236 g/mol. The van der Waals surface area contributed by atoms with Crippen molar-refractivity contribution in [2.75, 3.05) is 0 Å². The maximum atomic E-state index is 5.72.